The number of halogens is 1. The molecule has 7 heteroatoms. The monoisotopic (exact) mass is 327 g/mol. The molecule has 0 unspecified atom stereocenters. The molecule has 3 N–H and O–H groups in total. The maximum atomic E-state index is 8.74. The fraction of sp³-hybridized carbons (Fsp3) is 0.0909. The summed E-state index contributed by atoms with van der Waals surface area (Å²) in [6.07, 6.45) is 1.72. The van der Waals surface area contributed by atoms with Gasteiger partial charge in [0.2, 0.25) is 0 Å². The molecule has 0 saturated heterocycles. The first kappa shape index (κ1) is 12.8. The number of ether oxygens (including phenoxy) is 1. The normalized spacial score (nSPS) is 11.5. The van der Waals surface area contributed by atoms with E-state index in [4.69, 9.17) is 15.7 Å². The number of thiazole rings is 1. The second kappa shape index (κ2) is 5.83. The zero-order valence-electron chi connectivity index (χ0n) is 9.21. The van der Waals surface area contributed by atoms with Gasteiger partial charge in [-0.3, -0.25) is 0 Å². The summed E-state index contributed by atoms with van der Waals surface area (Å²) in [7, 11) is 0. The van der Waals surface area contributed by atoms with Crippen molar-refractivity contribution in [1.29, 1.82) is 0 Å². The Bertz CT molecular complexity index is 557. The van der Waals surface area contributed by atoms with Crippen LogP contribution in [0.1, 0.15) is 10.6 Å². The number of amidine groups is 1. The number of oxime groups is 1. The summed E-state index contributed by atoms with van der Waals surface area (Å²) < 4.78 is 6.44. The number of rotatable bonds is 4. The van der Waals surface area contributed by atoms with Crippen LogP contribution in [0.5, 0.6) is 5.75 Å². The molecular formula is C11H10BrN3O2S. The highest BCUT2D eigenvalue weighted by Gasteiger charge is 2.10. The Hall–Kier alpha value is -1.60. The highest BCUT2D eigenvalue weighted by atomic mass is 79.9. The highest BCUT2D eigenvalue weighted by molar-refractivity contribution is 9.10. The third kappa shape index (κ3) is 2.99. The van der Waals surface area contributed by atoms with Crippen LogP contribution >= 0.6 is 27.3 Å². The Labute approximate surface area is 116 Å². The van der Waals surface area contributed by atoms with Crippen molar-refractivity contribution in [3.8, 4) is 5.75 Å². The summed E-state index contributed by atoms with van der Waals surface area (Å²) in [4.78, 5) is 4.12. The Balaban J connectivity index is 2.21. The zero-order valence-corrected chi connectivity index (χ0v) is 11.6. The van der Waals surface area contributed by atoms with E-state index in [1.807, 2.05) is 11.4 Å². The first-order valence-corrected chi connectivity index (χ1v) is 6.66. The third-order valence-corrected chi connectivity index (χ3v) is 3.41. The van der Waals surface area contributed by atoms with E-state index < -0.39 is 0 Å². The third-order valence-electron chi connectivity index (χ3n) is 2.16. The van der Waals surface area contributed by atoms with E-state index in [9.17, 15) is 0 Å². The molecule has 0 bridgehead atoms. The summed E-state index contributed by atoms with van der Waals surface area (Å²) >= 11 is 4.83. The quantitative estimate of drug-likeness (QED) is 0.391. The van der Waals surface area contributed by atoms with Crippen LogP contribution < -0.4 is 10.5 Å². The van der Waals surface area contributed by atoms with Crippen LogP contribution in [-0.4, -0.2) is 16.0 Å². The predicted octanol–water partition coefficient (Wildman–Crippen LogP) is 2.58. The molecule has 0 amide bonds. The smallest absolute Gasteiger partial charge is 0.173 e. The molecule has 2 rings (SSSR count). The van der Waals surface area contributed by atoms with Crippen LogP contribution in [0.2, 0.25) is 0 Å². The summed E-state index contributed by atoms with van der Waals surface area (Å²) in [5.41, 5.74) is 6.13. The van der Waals surface area contributed by atoms with Crippen molar-refractivity contribution in [3.63, 3.8) is 0 Å². The van der Waals surface area contributed by atoms with Gasteiger partial charge >= 0.3 is 0 Å². The largest absolute Gasteiger partial charge is 0.486 e. The Morgan fingerprint density at radius 1 is 1.56 bits per heavy atom. The van der Waals surface area contributed by atoms with Gasteiger partial charge in [-0.25, -0.2) is 4.98 Å². The van der Waals surface area contributed by atoms with Gasteiger partial charge in [-0.15, -0.1) is 11.3 Å². The molecule has 0 atom stereocenters. The Morgan fingerprint density at radius 3 is 3.06 bits per heavy atom. The highest BCUT2D eigenvalue weighted by Crippen LogP contribution is 2.24. The van der Waals surface area contributed by atoms with Crippen LogP contribution in [0.4, 0.5) is 0 Å². The standard InChI is InChI=1S/C11H10BrN3O2S/c12-7-1-2-9(8(5-7)11(13)15-16)17-6-10-14-3-4-18-10/h1-5,16H,6H2,(H2,13,15). The molecule has 2 aromatic rings. The maximum Gasteiger partial charge on any atom is 0.173 e. The molecule has 1 aromatic carbocycles. The van der Waals surface area contributed by atoms with E-state index in [2.05, 4.69) is 26.1 Å². The molecular weight excluding hydrogens is 318 g/mol. The molecule has 5 nitrogen and oxygen atoms in total. The molecule has 0 spiro atoms. The molecule has 18 heavy (non-hydrogen) atoms. The topological polar surface area (TPSA) is 80.7 Å². The lowest BCUT2D eigenvalue weighted by molar-refractivity contribution is 0.302. The van der Waals surface area contributed by atoms with Gasteiger partial charge in [0.25, 0.3) is 0 Å². The molecule has 94 valence electrons. The van der Waals surface area contributed by atoms with Gasteiger partial charge in [0.1, 0.15) is 17.4 Å². The van der Waals surface area contributed by atoms with Crippen molar-refractivity contribution < 1.29 is 9.94 Å². The molecule has 0 aliphatic heterocycles. The maximum absolute atomic E-state index is 8.74. The first-order valence-electron chi connectivity index (χ1n) is 4.99. The van der Waals surface area contributed by atoms with Gasteiger partial charge < -0.3 is 15.7 Å². The van der Waals surface area contributed by atoms with Crippen LogP contribution in [0.25, 0.3) is 0 Å². The second-order valence-electron chi connectivity index (χ2n) is 3.34. The average molecular weight is 328 g/mol. The van der Waals surface area contributed by atoms with E-state index in [0.29, 0.717) is 17.9 Å². The van der Waals surface area contributed by atoms with E-state index in [1.54, 1.807) is 18.3 Å². The van der Waals surface area contributed by atoms with Crippen molar-refractivity contribution in [2.45, 2.75) is 6.61 Å². The van der Waals surface area contributed by atoms with Crippen molar-refractivity contribution in [3.05, 3.63) is 44.8 Å². The summed E-state index contributed by atoms with van der Waals surface area (Å²) in [5.74, 6) is 0.550. The number of nitrogens with zero attached hydrogens (tertiary/aromatic N) is 2. The van der Waals surface area contributed by atoms with Gasteiger partial charge in [-0.05, 0) is 18.2 Å². The fourth-order valence-corrected chi connectivity index (χ4v) is 2.23. The number of benzene rings is 1. The van der Waals surface area contributed by atoms with Gasteiger partial charge in [-0.2, -0.15) is 0 Å². The van der Waals surface area contributed by atoms with E-state index >= 15 is 0 Å². The number of aromatic nitrogens is 1. The van der Waals surface area contributed by atoms with E-state index in [-0.39, 0.29) is 5.84 Å². The predicted molar refractivity (Wildman–Crippen MR) is 73.1 cm³/mol. The minimum Gasteiger partial charge on any atom is -0.486 e. The van der Waals surface area contributed by atoms with Crippen LogP contribution in [-0.2, 0) is 6.61 Å². The minimum absolute atomic E-state index is 0.00504. The molecule has 1 aromatic heterocycles. The first-order chi connectivity index (χ1) is 8.70. The van der Waals surface area contributed by atoms with Crippen LogP contribution in [0.15, 0.2) is 39.4 Å². The lowest BCUT2D eigenvalue weighted by Gasteiger charge is -2.09. The summed E-state index contributed by atoms with van der Waals surface area (Å²) in [5, 5.41) is 14.5. The lowest BCUT2D eigenvalue weighted by Crippen LogP contribution is -2.15. The van der Waals surface area contributed by atoms with Gasteiger partial charge in [-0.1, -0.05) is 21.1 Å². The molecule has 1 heterocycles. The molecule has 0 radical (unpaired) electrons. The van der Waals surface area contributed by atoms with Crippen molar-refractivity contribution in [2.24, 2.45) is 10.9 Å². The SMILES string of the molecule is N/C(=N/O)c1cc(Br)ccc1OCc1nccs1. The molecule has 0 saturated carbocycles. The average Bonchev–Trinajstić information content (AvgIpc) is 2.89. The molecule has 0 fully saturated rings. The van der Waals surface area contributed by atoms with E-state index in [0.717, 1.165) is 9.48 Å². The lowest BCUT2D eigenvalue weighted by atomic mass is 10.2. The molecule has 0 aliphatic carbocycles. The summed E-state index contributed by atoms with van der Waals surface area (Å²) in [6.45, 7) is 0.352. The van der Waals surface area contributed by atoms with Crippen molar-refractivity contribution in [1.82, 2.24) is 4.98 Å². The van der Waals surface area contributed by atoms with Crippen LogP contribution in [0, 0.1) is 0 Å². The fourth-order valence-electron chi connectivity index (χ4n) is 1.35. The van der Waals surface area contributed by atoms with Crippen molar-refractivity contribution in [2.75, 3.05) is 0 Å². The number of hydrogen-bond donors (Lipinski definition) is 2. The Morgan fingerprint density at radius 2 is 2.39 bits per heavy atom. The van der Waals surface area contributed by atoms with Gasteiger partial charge in [0.15, 0.2) is 5.84 Å². The zero-order chi connectivity index (χ0) is 13.0. The second-order valence-corrected chi connectivity index (χ2v) is 5.24. The van der Waals surface area contributed by atoms with Crippen molar-refractivity contribution >= 4 is 33.1 Å². The van der Waals surface area contributed by atoms with Gasteiger partial charge in [0.05, 0.1) is 5.56 Å². The van der Waals surface area contributed by atoms with Gasteiger partial charge in [0, 0.05) is 16.0 Å². The molecule has 0 aliphatic rings. The number of hydrogen-bond acceptors (Lipinski definition) is 5. The number of nitrogens with two attached hydrogens (primary N) is 1. The van der Waals surface area contributed by atoms with Crippen LogP contribution in [0.3, 0.4) is 0 Å². The summed E-state index contributed by atoms with van der Waals surface area (Å²) in [6, 6.07) is 5.31. The minimum atomic E-state index is 0.00504. The van der Waals surface area contributed by atoms with E-state index in [1.165, 1.54) is 11.3 Å². The Kier molecular flexibility index (Phi) is 4.16.